The smallest absolute Gasteiger partial charge is 0.287 e. The van der Waals surface area contributed by atoms with E-state index in [1.54, 1.807) is 30.3 Å². The Bertz CT molecular complexity index is 878. The second-order valence-corrected chi connectivity index (χ2v) is 6.46. The molecule has 6 heteroatoms. The van der Waals surface area contributed by atoms with Crippen LogP contribution in [0.25, 0.3) is 0 Å². The van der Waals surface area contributed by atoms with Crippen molar-refractivity contribution in [3.63, 3.8) is 0 Å². The number of halogens is 2. The summed E-state index contributed by atoms with van der Waals surface area (Å²) >= 11 is 11.9. The van der Waals surface area contributed by atoms with Crippen LogP contribution in [-0.4, -0.2) is 12.5 Å². The minimum absolute atomic E-state index is 0.165. The summed E-state index contributed by atoms with van der Waals surface area (Å²) in [6, 6.07) is 18.3. The second kappa shape index (κ2) is 8.79. The molecule has 1 heterocycles. The fourth-order valence-corrected chi connectivity index (χ4v) is 2.83. The summed E-state index contributed by atoms with van der Waals surface area (Å²) in [5.41, 5.74) is 1.17. The van der Waals surface area contributed by atoms with Crippen LogP contribution in [0, 0.1) is 0 Å². The maximum Gasteiger partial charge on any atom is 0.287 e. The summed E-state index contributed by atoms with van der Waals surface area (Å²) in [4.78, 5) is 12.1. The lowest BCUT2D eigenvalue weighted by atomic mass is 10.1. The van der Waals surface area contributed by atoms with Crippen LogP contribution in [0.3, 0.4) is 0 Å². The zero-order valence-electron chi connectivity index (χ0n) is 13.9. The Balaban J connectivity index is 1.49. The molecule has 3 rings (SSSR count). The third kappa shape index (κ3) is 5.04. The van der Waals surface area contributed by atoms with Crippen LogP contribution >= 0.6 is 23.2 Å². The minimum Gasteiger partial charge on any atom is -0.484 e. The van der Waals surface area contributed by atoms with E-state index in [0.717, 1.165) is 6.42 Å². The monoisotopic (exact) mass is 389 g/mol. The number of furan rings is 1. The van der Waals surface area contributed by atoms with Gasteiger partial charge in [0.2, 0.25) is 0 Å². The Morgan fingerprint density at radius 3 is 2.62 bits per heavy atom. The lowest BCUT2D eigenvalue weighted by molar-refractivity contribution is 0.0922. The highest BCUT2D eigenvalue weighted by molar-refractivity contribution is 6.35. The molecule has 4 nitrogen and oxygen atoms in total. The molecule has 26 heavy (non-hydrogen) atoms. The van der Waals surface area contributed by atoms with E-state index in [1.165, 1.54) is 5.56 Å². The minimum atomic E-state index is -0.253. The number of hydrogen-bond acceptors (Lipinski definition) is 3. The number of rotatable bonds is 7. The first-order valence-electron chi connectivity index (χ1n) is 8.10. The van der Waals surface area contributed by atoms with Crippen LogP contribution in [0.1, 0.15) is 21.9 Å². The molecule has 1 amide bonds. The van der Waals surface area contributed by atoms with Gasteiger partial charge >= 0.3 is 0 Å². The molecule has 0 aliphatic rings. The van der Waals surface area contributed by atoms with E-state index >= 15 is 0 Å². The molecule has 0 atom stereocenters. The highest BCUT2D eigenvalue weighted by Gasteiger charge is 2.11. The number of carbonyl (C=O) groups excluding carboxylic acids is 1. The van der Waals surface area contributed by atoms with Crippen molar-refractivity contribution in [1.29, 1.82) is 0 Å². The highest BCUT2D eigenvalue weighted by atomic mass is 35.5. The first-order chi connectivity index (χ1) is 12.6. The van der Waals surface area contributed by atoms with Crippen molar-refractivity contribution in [3.8, 4) is 5.75 Å². The van der Waals surface area contributed by atoms with Crippen LogP contribution in [-0.2, 0) is 13.0 Å². The Hall–Kier alpha value is -2.43. The van der Waals surface area contributed by atoms with E-state index < -0.39 is 0 Å². The van der Waals surface area contributed by atoms with Gasteiger partial charge in [0.25, 0.3) is 5.91 Å². The first kappa shape index (κ1) is 18.4. The van der Waals surface area contributed by atoms with Gasteiger partial charge in [0.05, 0.1) is 5.02 Å². The molecule has 3 aromatic rings. The molecule has 0 bridgehead atoms. The van der Waals surface area contributed by atoms with E-state index in [4.69, 9.17) is 32.4 Å². The van der Waals surface area contributed by atoms with Crippen LogP contribution in [0.5, 0.6) is 5.75 Å². The molecular weight excluding hydrogens is 373 g/mol. The molecule has 0 saturated carbocycles. The maximum absolute atomic E-state index is 12.1. The lowest BCUT2D eigenvalue weighted by Crippen LogP contribution is -2.25. The molecule has 0 unspecified atom stereocenters. The van der Waals surface area contributed by atoms with Gasteiger partial charge < -0.3 is 14.5 Å². The molecule has 0 fully saturated rings. The van der Waals surface area contributed by atoms with E-state index in [2.05, 4.69) is 5.32 Å². The summed E-state index contributed by atoms with van der Waals surface area (Å²) in [5, 5.41) is 3.80. The standard InChI is InChI=1S/C20H17Cl2NO3/c21-15-6-8-18(17(22)12-15)25-13-16-7-9-19(26-16)20(24)23-11-10-14-4-2-1-3-5-14/h1-9,12H,10-11,13H2,(H,23,24). The third-order valence-corrected chi connectivity index (χ3v) is 4.22. The number of carbonyl (C=O) groups is 1. The van der Waals surface area contributed by atoms with Crippen molar-refractivity contribution in [2.24, 2.45) is 0 Å². The first-order valence-corrected chi connectivity index (χ1v) is 8.86. The van der Waals surface area contributed by atoms with Gasteiger partial charge in [-0.3, -0.25) is 4.79 Å². The molecule has 0 spiro atoms. The molecule has 0 aliphatic heterocycles. The highest BCUT2D eigenvalue weighted by Crippen LogP contribution is 2.28. The molecule has 0 aliphatic carbocycles. The Labute approximate surface area is 161 Å². The van der Waals surface area contributed by atoms with Gasteiger partial charge in [-0.1, -0.05) is 53.5 Å². The number of ether oxygens (including phenoxy) is 1. The third-order valence-electron chi connectivity index (χ3n) is 3.69. The van der Waals surface area contributed by atoms with Gasteiger partial charge in [-0.25, -0.2) is 0 Å². The number of amides is 1. The fourth-order valence-electron chi connectivity index (χ4n) is 2.37. The van der Waals surface area contributed by atoms with Crippen molar-refractivity contribution in [2.45, 2.75) is 13.0 Å². The van der Waals surface area contributed by atoms with Crippen molar-refractivity contribution in [3.05, 3.63) is 87.8 Å². The summed E-state index contributed by atoms with van der Waals surface area (Å²) < 4.78 is 11.1. The largest absolute Gasteiger partial charge is 0.484 e. The Kier molecular flexibility index (Phi) is 6.21. The van der Waals surface area contributed by atoms with Gasteiger partial charge in [0, 0.05) is 11.6 Å². The predicted molar refractivity (Wildman–Crippen MR) is 102 cm³/mol. The molecule has 0 saturated heterocycles. The SMILES string of the molecule is O=C(NCCc1ccccc1)c1ccc(COc2ccc(Cl)cc2Cl)o1. The van der Waals surface area contributed by atoms with Crippen LogP contribution in [0.2, 0.25) is 10.0 Å². The average molecular weight is 390 g/mol. The van der Waals surface area contributed by atoms with E-state index in [-0.39, 0.29) is 18.3 Å². The van der Waals surface area contributed by atoms with E-state index in [9.17, 15) is 4.79 Å². The van der Waals surface area contributed by atoms with Gasteiger partial charge in [0.15, 0.2) is 5.76 Å². The van der Waals surface area contributed by atoms with Crippen LogP contribution in [0.4, 0.5) is 0 Å². The normalized spacial score (nSPS) is 10.5. The number of benzene rings is 2. The lowest BCUT2D eigenvalue weighted by Gasteiger charge is -2.06. The van der Waals surface area contributed by atoms with Gasteiger partial charge in [-0.05, 0) is 42.3 Å². The van der Waals surface area contributed by atoms with Gasteiger partial charge in [-0.2, -0.15) is 0 Å². The van der Waals surface area contributed by atoms with E-state index in [1.807, 2.05) is 30.3 Å². The zero-order chi connectivity index (χ0) is 18.4. The average Bonchev–Trinajstić information content (AvgIpc) is 3.11. The van der Waals surface area contributed by atoms with Crippen molar-refractivity contribution >= 4 is 29.1 Å². The molecular formula is C20H17Cl2NO3. The van der Waals surface area contributed by atoms with E-state index in [0.29, 0.717) is 28.1 Å². The summed E-state index contributed by atoms with van der Waals surface area (Å²) in [6.07, 6.45) is 0.762. The fraction of sp³-hybridized carbons (Fsp3) is 0.150. The van der Waals surface area contributed by atoms with Crippen molar-refractivity contribution in [1.82, 2.24) is 5.32 Å². The number of hydrogen-bond donors (Lipinski definition) is 1. The van der Waals surface area contributed by atoms with Gasteiger partial charge in [-0.15, -0.1) is 0 Å². The summed E-state index contributed by atoms with van der Waals surface area (Å²) in [7, 11) is 0. The quantitative estimate of drug-likeness (QED) is 0.608. The molecule has 2 aromatic carbocycles. The van der Waals surface area contributed by atoms with Crippen LogP contribution in [0.15, 0.2) is 65.1 Å². The predicted octanol–water partition coefficient (Wildman–Crippen LogP) is 5.14. The Morgan fingerprint density at radius 1 is 1.04 bits per heavy atom. The molecule has 0 radical (unpaired) electrons. The van der Waals surface area contributed by atoms with Gasteiger partial charge in [0.1, 0.15) is 18.1 Å². The van der Waals surface area contributed by atoms with Crippen molar-refractivity contribution < 1.29 is 13.9 Å². The van der Waals surface area contributed by atoms with Crippen LogP contribution < -0.4 is 10.1 Å². The molecule has 134 valence electrons. The number of nitrogens with one attached hydrogen (secondary N) is 1. The molecule has 1 N–H and O–H groups in total. The second-order valence-electron chi connectivity index (χ2n) is 5.62. The topological polar surface area (TPSA) is 51.5 Å². The summed E-state index contributed by atoms with van der Waals surface area (Å²) in [5.74, 6) is 1.03. The zero-order valence-corrected chi connectivity index (χ0v) is 15.4. The maximum atomic E-state index is 12.1. The summed E-state index contributed by atoms with van der Waals surface area (Å²) in [6.45, 7) is 0.703. The Morgan fingerprint density at radius 2 is 1.85 bits per heavy atom. The van der Waals surface area contributed by atoms with Crippen molar-refractivity contribution in [2.75, 3.05) is 6.54 Å². The molecule has 1 aromatic heterocycles.